The highest BCUT2D eigenvalue weighted by atomic mass is 19.1. The Labute approximate surface area is 177 Å². The van der Waals surface area contributed by atoms with Crippen LogP contribution in [-0.2, 0) is 6.42 Å². The van der Waals surface area contributed by atoms with Gasteiger partial charge >= 0.3 is 0 Å². The van der Waals surface area contributed by atoms with E-state index in [2.05, 4.69) is 28.7 Å². The molecule has 1 heterocycles. The fraction of sp³-hybridized carbons (Fsp3) is 0.231. The van der Waals surface area contributed by atoms with Crippen LogP contribution in [0.1, 0.15) is 37.3 Å². The molecule has 0 radical (unpaired) electrons. The monoisotopic (exact) mass is 402 g/mol. The van der Waals surface area contributed by atoms with E-state index in [1.54, 1.807) is 24.5 Å². The van der Waals surface area contributed by atoms with Gasteiger partial charge in [0.1, 0.15) is 5.82 Å². The van der Waals surface area contributed by atoms with Gasteiger partial charge in [0.15, 0.2) is 5.82 Å². The van der Waals surface area contributed by atoms with Gasteiger partial charge in [-0.1, -0.05) is 48.6 Å². The van der Waals surface area contributed by atoms with Gasteiger partial charge in [0.05, 0.1) is 11.7 Å². The summed E-state index contributed by atoms with van der Waals surface area (Å²) in [5, 5.41) is 9.28. The summed E-state index contributed by atoms with van der Waals surface area (Å²) in [5.74, 6) is 0.0461. The van der Waals surface area contributed by atoms with Crippen molar-refractivity contribution >= 4 is 6.08 Å². The Morgan fingerprint density at radius 3 is 2.43 bits per heavy atom. The summed E-state index contributed by atoms with van der Waals surface area (Å²) in [7, 11) is 0. The highest BCUT2D eigenvalue weighted by molar-refractivity contribution is 5.66. The van der Waals surface area contributed by atoms with E-state index in [-0.39, 0.29) is 11.9 Å². The number of benzene rings is 2. The van der Waals surface area contributed by atoms with Crippen molar-refractivity contribution in [1.29, 1.82) is 0 Å². The van der Waals surface area contributed by atoms with Crippen LogP contribution in [0.4, 0.5) is 4.39 Å². The first-order valence-corrected chi connectivity index (χ1v) is 10.2. The lowest BCUT2D eigenvalue weighted by atomic mass is 10.1. The van der Waals surface area contributed by atoms with Crippen LogP contribution in [0, 0.1) is 5.82 Å². The fourth-order valence-corrected chi connectivity index (χ4v) is 3.19. The number of halogens is 1. The van der Waals surface area contributed by atoms with Gasteiger partial charge in [-0.05, 0) is 61.4 Å². The molecule has 0 aliphatic rings. The quantitative estimate of drug-likeness (QED) is 0.340. The number of hydrogen-bond acceptors (Lipinski definition) is 3. The Balaban J connectivity index is 1.66. The molecule has 154 valence electrons. The summed E-state index contributed by atoms with van der Waals surface area (Å²) in [6.07, 6.45) is 12.6. The van der Waals surface area contributed by atoms with Crippen molar-refractivity contribution in [3.63, 3.8) is 0 Å². The lowest BCUT2D eigenvalue weighted by Crippen LogP contribution is -1.97. The molecule has 3 aromatic rings. The van der Waals surface area contributed by atoms with E-state index in [9.17, 15) is 9.50 Å². The maximum atomic E-state index is 14.4. The zero-order chi connectivity index (χ0) is 21.3. The molecule has 30 heavy (non-hydrogen) atoms. The molecule has 1 atom stereocenters. The Bertz CT molecular complexity index is 993. The summed E-state index contributed by atoms with van der Waals surface area (Å²) >= 11 is 0. The van der Waals surface area contributed by atoms with Crippen LogP contribution in [0.25, 0.3) is 28.6 Å². The summed E-state index contributed by atoms with van der Waals surface area (Å²) in [6.45, 7) is 5.49. The predicted octanol–water partition coefficient (Wildman–Crippen LogP) is 6.24. The molecule has 0 aliphatic carbocycles. The maximum absolute atomic E-state index is 14.4. The first kappa shape index (κ1) is 21.6. The van der Waals surface area contributed by atoms with E-state index < -0.39 is 0 Å². The molecular weight excluding hydrogens is 375 g/mol. The van der Waals surface area contributed by atoms with Crippen molar-refractivity contribution in [2.45, 2.75) is 38.7 Å². The molecule has 0 aliphatic heterocycles. The predicted molar refractivity (Wildman–Crippen MR) is 121 cm³/mol. The van der Waals surface area contributed by atoms with Crippen molar-refractivity contribution in [3.8, 4) is 22.5 Å². The lowest BCUT2D eigenvalue weighted by molar-refractivity contribution is 0.182. The molecule has 2 aromatic carbocycles. The van der Waals surface area contributed by atoms with E-state index in [4.69, 9.17) is 0 Å². The van der Waals surface area contributed by atoms with Gasteiger partial charge in [-0.3, -0.25) is 0 Å². The third-order valence-electron chi connectivity index (χ3n) is 4.85. The molecule has 0 bridgehead atoms. The second-order valence-corrected chi connectivity index (χ2v) is 7.41. The topological polar surface area (TPSA) is 46.0 Å². The van der Waals surface area contributed by atoms with Crippen LogP contribution < -0.4 is 0 Å². The van der Waals surface area contributed by atoms with E-state index in [1.165, 1.54) is 6.07 Å². The number of aromatic nitrogens is 2. The molecule has 0 saturated carbocycles. The van der Waals surface area contributed by atoms with Crippen LogP contribution in [0.2, 0.25) is 0 Å². The molecule has 0 spiro atoms. The Kier molecular flexibility index (Phi) is 7.63. The molecular formula is C26H27FN2O. The third-order valence-corrected chi connectivity index (χ3v) is 4.85. The molecule has 1 unspecified atom stereocenters. The second-order valence-electron chi connectivity index (χ2n) is 7.41. The Hall–Kier alpha value is -3.11. The van der Waals surface area contributed by atoms with Crippen molar-refractivity contribution in [3.05, 3.63) is 90.5 Å². The zero-order valence-electron chi connectivity index (χ0n) is 17.3. The largest absolute Gasteiger partial charge is 0.393 e. The fourth-order valence-electron chi connectivity index (χ4n) is 3.19. The zero-order valence-corrected chi connectivity index (χ0v) is 17.3. The second kappa shape index (κ2) is 10.6. The first-order valence-electron chi connectivity index (χ1n) is 10.2. The van der Waals surface area contributed by atoms with Crippen LogP contribution >= 0.6 is 0 Å². The van der Waals surface area contributed by atoms with E-state index in [0.717, 1.165) is 41.5 Å². The van der Waals surface area contributed by atoms with E-state index in [1.807, 2.05) is 37.3 Å². The number of aliphatic hydroxyl groups is 1. The van der Waals surface area contributed by atoms with E-state index in [0.29, 0.717) is 17.8 Å². The number of hydrogen-bond donors (Lipinski definition) is 1. The lowest BCUT2D eigenvalue weighted by Gasteiger charge is -2.06. The summed E-state index contributed by atoms with van der Waals surface area (Å²) in [5.41, 5.74) is 4.28. The van der Waals surface area contributed by atoms with Gasteiger partial charge in [-0.2, -0.15) is 0 Å². The summed E-state index contributed by atoms with van der Waals surface area (Å²) in [6, 6.07) is 13.2. The van der Waals surface area contributed by atoms with Crippen LogP contribution in [0.5, 0.6) is 0 Å². The van der Waals surface area contributed by atoms with Crippen LogP contribution in [0.3, 0.4) is 0 Å². The highest BCUT2D eigenvalue weighted by Gasteiger charge is 2.09. The van der Waals surface area contributed by atoms with Gasteiger partial charge < -0.3 is 5.11 Å². The summed E-state index contributed by atoms with van der Waals surface area (Å²) in [4.78, 5) is 8.73. The van der Waals surface area contributed by atoms with Gasteiger partial charge in [0.25, 0.3) is 0 Å². The molecule has 4 heteroatoms. The molecule has 3 rings (SSSR count). The minimum Gasteiger partial charge on any atom is -0.393 e. The average Bonchev–Trinajstić information content (AvgIpc) is 2.74. The minimum atomic E-state index is -0.327. The molecule has 3 nitrogen and oxygen atoms in total. The van der Waals surface area contributed by atoms with Gasteiger partial charge in [0, 0.05) is 18.0 Å². The number of nitrogens with zero attached hydrogens (tertiary/aromatic N) is 2. The maximum Gasteiger partial charge on any atom is 0.162 e. The van der Waals surface area contributed by atoms with Gasteiger partial charge in [-0.15, -0.1) is 6.58 Å². The molecule has 0 saturated heterocycles. The number of aliphatic hydroxyl groups excluding tert-OH is 1. The molecule has 1 aromatic heterocycles. The molecule has 1 N–H and O–H groups in total. The number of unbranched alkanes of at least 4 members (excludes halogenated alkanes) is 1. The number of rotatable bonds is 9. The van der Waals surface area contributed by atoms with Crippen LogP contribution in [0.15, 0.2) is 73.6 Å². The van der Waals surface area contributed by atoms with E-state index >= 15 is 0 Å². The van der Waals surface area contributed by atoms with Crippen molar-refractivity contribution in [2.24, 2.45) is 0 Å². The van der Waals surface area contributed by atoms with Gasteiger partial charge in [0.2, 0.25) is 0 Å². The standard InChI is InChI=1S/C26H27FN2O/c1-3-7-21-12-15-24(25(27)16-21)26-28-17-23(18-29-26)22-13-10-20(11-14-22)9-6-4-5-8-19(2)30/h3,6,9-19,30H,1,4-5,7-8H2,2H3/b9-6+. The van der Waals surface area contributed by atoms with Crippen molar-refractivity contribution < 1.29 is 9.50 Å². The van der Waals surface area contributed by atoms with Crippen LogP contribution in [-0.4, -0.2) is 21.2 Å². The third kappa shape index (κ3) is 5.94. The van der Waals surface area contributed by atoms with Crippen molar-refractivity contribution in [1.82, 2.24) is 9.97 Å². The smallest absolute Gasteiger partial charge is 0.162 e. The highest BCUT2D eigenvalue weighted by Crippen LogP contribution is 2.24. The summed E-state index contributed by atoms with van der Waals surface area (Å²) < 4.78 is 14.4. The molecule has 0 amide bonds. The average molecular weight is 403 g/mol. The first-order chi connectivity index (χ1) is 14.6. The number of allylic oxidation sites excluding steroid dienone is 2. The van der Waals surface area contributed by atoms with Crippen molar-refractivity contribution in [2.75, 3.05) is 0 Å². The SMILES string of the molecule is C=CCc1ccc(-c2ncc(-c3ccc(/C=C/CCCC(C)O)cc3)cn2)c(F)c1. The Morgan fingerprint density at radius 1 is 1.07 bits per heavy atom. The minimum absolute atomic E-state index is 0.237. The molecule has 0 fully saturated rings. The van der Waals surface area contributed by atoms with Gasteiger partial charge in [-0.25, -0.2) is 14.4 Å². The Morgan fingerprint density at radius 2 is 1.80 bits per heavy atom. The normalized spacial score (nSPS) is 12.2.